The summed E-state index contributed by atoms with van der Waals surface area (Å²) in [5.74, 6) is -0.110. The number of carbonyl (C=O) groups is 1. The van der Waals surface area contributed by atoms with E-state index in [9.17, 15) is 15.0 Å². The molecule has 1 saturated heterocycles. The Balaban J connectivity index is 1.65. The van der Waals surface area contributed by atoms with Gasteiger partial charge in [0.1, 0.15) is 11.7 Å². The molecule has 2 aromatic rings. The van der Waals surface area contributed by atoms with Gasteiger partial charge in [-0.05, 0) is 37.1 Å². The second-order valence-corrected chi connectivity index (χ2v) is 8.62. The molecule has 0 spiro atoms. The van der Waals surface area contributed by atoms with Crippen LogP contribution in [0.5, 0.6) is 0 Å². The molecule has 0 saturated carbocycles. The molecular weight excluding hydrogens is 388 g/mol. The minimum atomic E-state index is -1.35. The maximum Gasteiger partial charge on any atom is 0.227 e. The zero-order chi connectivity index (χ0) is 21.0. The highest BCUT2D eigenvalue weighted by molar-refractivity contribution is 6.30. The molecule has 1 aliphatic rings. The lowest BCUT2D eigenvalue weighted by molar-refractivity contribution is -0.130. The van der Waals surface area contributed by atoms with Crippen LogP contribution in [0.3, 0.4) is 0 Å². The molecule has 0 unspecified atom stereocenters. The van der Waals surface area contributed by atoms with E-state index in [0.717, 1.165) is 11.1 Å². The number of aliphatic hydroxyl groups is 2. The van der Waals surface area contributed by atoms with Crippen molar-refractivity contribution in [1.29, 1.82) is 0 Å². The van der Waals surface area contributed by atoms with Gasteiger partial charge in [-0.15, -0.1) is 0 Å². The minimum Gasteiger partial charge on any atom is -0.388 e. The van der Waals surface area contributed by atoms with Gasteiger partial charge in [0.2, 0.25) is 5.91 Å². The number of benzene rings is 2. The lowest BCUT2D eigenvalue weighted by Crippen LogP contribution is -2.52. The van der Waals surface area contributed by atoms with E-state index in [-0.39, 0.29) is 31.5 Å². The summed E-state index contributed by atoms with van der Waals surface area (Å²) in [5.41, 5.74) is 0.652. The van der Waals surface area contributed by atoms with E-state index in [1.54, 1.807) is 17.0 Å². The topological polar surface area (TPSA) is 64.0 Å². The van der Waals surface area contributed by atoms with Crippen LogP contribution in [0.1, 0.15) is 25.0 Å². The third-order valence-electron chi connectivity index (χ3n) is 5.54. The van der Waals surface area contributed by atoms with Crippen LogP contribution in [-0.4, -0.2) is 63.3 Å². The summed E-state index contributed by atoms with van der Waals surface area (Å²) < 4.78 is 0. The Bertz CT molecular complexity index is 813. The van der Waals surface area contributed by atoms with E-state index in [2.05, 4.69) is 18.7 Å². The summed E-state index contributed by atoms with van der Waals surface area (Å²) >= 11 is 5.90. The van der Waals surface area contributed by atoms with Gasteiger partial charge in [0.05, 0.1) is 13.0 Å². The quantitative estimate of drug-likeness (QED) is 0.728. The van der Waals surface area contributed by atoms with Crippen LogP contribution in [0.4, 0.5) is 0 Å². The molecule has 1 amide bonds. The van der Waals surface area contributed by atoms with E-state index >= 15 is 0 Å². The van der Waals surface area contributed by atoms with Crippen LogP contribution in [0, 0.1) is 0 Å². The highest BCUT2D eigenvalue weighted by Crippen LogP contribution is 2.26. The molecule has 6 heteroatoms. The number of hydrogen-bond acceptors (Lipinski definition) is 4. The first-order chi connectivity index (χ1) is 13.8. The number of β-amino-alcohol motifs (C(OH)–C–C–N with tert-alkyl or cyclic N) is 2. The number of amides is 1. The Labute approximate surface area is 177 Å². The number of hydrogen-bond donors (Lipinski definition) is 2. The smallest absolute Gasteiger partial charge is 0.227 e. The van der Waals surface area contributed by atoms with Crippen LogP contribution in [0.15, 0.2) is 54.6 Å². The predicted molar refractivity (Wildman–Crippen MR) is 115 cm³/mol. The van der Waals surface area contributed by atoms with Crippen molar-refractivity contribution < 1.29 is 15.0 Å². The molecule has 1 aliphatic heterocycles. The molecule has 156 valence electrons. The third-order valence-corrected chi connectivity index (χ3v) is 5.79. The Hall–Kier alpha value is -1.92. The van der Waals surface area contributed by atoms with Crippen molar-refractivity contribution in [2.45, 2.75) is 44.6 Å². The SMILES string of the molecule is CC(C)N(Cc1ccccc1)C[C@]1(O)CN(C(=O)Cc2ccc(Cl)cc2)C[C@H]1O. The summed E-state index contributed by atoms with van der Waals surface area (Å²) in [7, 11) is 0. The number of likely N-dealkylation sites (tertiary alicyclic amines) is 1. The average Bonchev–Trinajstić information content (AvgIpc) is 2.98. The van der Waals surface area contributed by atoms with Gasteiger partial charge in [0, 0.05) is 30.7 Å². The van der Waals surface area contributed by atoms with E-state index in [4.69, 9.17) is 11.6 Å². The molecule has 2 aromatic carbocycles. The Kier molecular flexibility index (Phi) is 6.96. The number of aliphatic hydroxyl groups excluding tert-OH is 1. The summed E-state index contributed by atoms with van der Waals surface area (Å²) in [6.07, 6.45) is -0.758. The van der Waals surface area contributed by atoms with E-state index in [0.29, 0.717) is 18.1 Å². The number of rotatable bonds is 7. The maximum absolute atomic E-state index is 12.7. The molecule has 0 bridgehead atoms. The van der Waals surface area contributed by atoms with Crippen molar-refractivity contribution in [3.63, 3.8) is 0 Å². The van der Waals surface area contributed by atoms with Crippen molar-refractivity contribution in [2.24, 2.45) is 0 Å². The van der Waals surface area contributed by atoms with Crippen LogP contribution >= 0.6 is 11.6 Å². The zero-order valence-electron chi connectivity index (χ0n) is 17.0. The van der Waals surface area contributed by atoms with Gasteiger partial charge in [-0.1, -0.05) is 54.1 Å². The molecule has 2 N–H and O–H groups in total. The molecule has 0 aromatic heterocycles. The van der Waals surface area contributed by atoms with Crippen molar-refractivity contribution in [1.82, 2.24) is 9.80 Å². The molecule has 5 nitrogen and oxygen atoms in total. The maximum atomic E-state index is 12.7. The fraction of sp³-hybridized carbons (Fsp3) is 0.435. The average molecular weight is 417 g/mol. The lowest BCUT2D eigenvalue weighted by Gasteiger charge is -2.35. The van der Waals surface area contributed by atoms with Gasteiger partial charge in [-0.25, -0.2) is 0 Å². The largest absolute Gasteiger partial charge is 0.388 e. The molecule has 1 heterocycles. The van der Waals surface area contributed by atoms with Crippen LogP contribution in [0.2, 0.25) is 5.02 Å². The lowest BCUT2D eigenvalue weighted by atomic mass is 9.98. The van der Waals surface area contributed by atoms with E-state index in [1.165, 1.54) is 0 Å². The minimum absolute atomic E-state index is 0.110. The third kappa shape index (κ3) is 5.58. The standard InChI is InChI=1S/C23H29ClN2O3/c1-17(2)25(13-19-6-4-3-5-7-19)15-23(29)16-26(14-21(23)27)22(28)12-18-8-10-20(24)11-9-18/h3-11,17,21,27,29H,12-16H2,1-2H3/t21-,23+/m1/s1. The van der Waals surface area contributed by atoms with Crippen LogP contribution < -0.4 is 0 Å². The van der Waals surface area contributed by atoms with Crippen LogP contribution in [0.25, 0.3) is 0 Å². The fourth-order valence-corrected chi connectivity index (χ4v) is 3.83. The van der Waals surface area contributed by atoms with Gasteiger partial charge < -0.3 is 15.1 Å². The molecule has 0 radical (unpaired) electrons. The number of nitrogens with zero attached hydrogens (tertiary/aromatic N) is 2. The van der Waals surface area contributed by atoms with Gasteiger partial charge >= 0.3 is 0 Å². The second-order valence-electron chi connectivity index (χ2n) is 8.18. The first-order valence-corrected chi connectivity index (χ1v) is 10.4. The molecule has 2 atom stereocenters. The second kappa shape index (κ2) is 9.26. The number of halogens is 1. The first-order valence-electron chi connectivity index (χ1n) is 9.97. The number of carbonyl (C=O) groups excluding carboxylic acids is 1. The fourth-order valence-electron chi connectivity index (χ4n) is 3.70. The van der Waals surface area contributed by atoms with Crippen LogP contribution in [-0.2, 0) is 17.8 Å². The Morgan fingerprint density at radius 2 is 1.83 bits per heavy atom. The first kappa shape index (κ1) is 21.8. The normalized spacial score (nSPS) is 21.9. The molecule has 1 fully saturated rings. The highest BCUT2D eigenvalue weighted by Gasteiger charge is 2.47. The van der Waals surface area contributed by atoms with Crippen molar-refractivity contribution in [3.8, 4) is 0 Å². The van der Waals surface area contributed by atoms with Crippen molar-refractivity contribution in [3.05, 3.63) is 70.7 Å². The molecule has 3 rings (SSSR count). The van der Waals surface area contributed by atoms with Crippen molar-refractivity contribution >= 4 is 17.5 Å². The summed E-state index contributed by atoms with van der Waals surface area (Å²) in [6.45, 7) is 5.37. The van der Waals surface area contributed by atoms with Gasteiger partial charge in [0.25, 0.3) is 0 Å². The highest BCUT2D eigenvalue weighted by atomic mass is 35.5. The summed E-state index contributed by atoms with van der Waals surface area (Å²) in [5, 5.41) is 22.4. The van der Waals surface area contributed by atoms with Gasteiger partial charge in [0.15, 0.2) is 0 Å². The van der Waals surface area contributed by atoms with Gasteiger partial charge in [-0.3, -0.25) is 9.69 Å². The predicted octanol–water partition coefficient (Wildman–Crippen LogP) is 2.73. The monoisotopic (exact) mass is 416 g/mol. The molecule has 0 aliphatic carbocycles. The Morgan fingerprint density at radius 1 is 1.17 bits per heavy atom. The summed E-state index contributed by atoms with van der Waals surface area (Å²) in [6, 6.07) is 17.4. The molecular formula is C23H29ClN2O3. The molecule has 29 heavy (non-hydrogen) atoms. The zero-order valence-corrected chi connectivity index (χ0v) is 17.7. The van der Waals surface area contributed by atoms with E-state index < -0.39 is 11.7 Å². The Morgan fingerprint density at radius 3 is 2.45 bits per heavy atom. The van der Waals surface area contributed by atoms with Gasteiger partial charge in [-0.2, -0.15) is 0 Å². The van der Waals surface area contributed by atoms with Crippen molar-refractivity contribution in [2.75, 3.05) is 19.6 Å². The van der Waals surface area contributed by atoms with E-state index in [1.807, 2.05) is 42.5 Å². The summed E-state index contributed by atoms with van der Waals surface area (Å²) in [4.78, 5) is 16.4.